The Morgan fingerprint density at radius 2 is 0.760 bits per heavy atom. The summed E-state index contributed by atoms with van der Waals surface area (Å²) in [5.74, 6) is -0.920. The molecule has 13 heterocycles. The summed E-state index contributed by atoms with van der Waals surface area (Å²) >= 11 is 0. The Labute approximate surface area is 716 Å². The number of nitrogens with zero attached hydrogens (tertiary/aromatic N) is 13. The summed E-state index contributed by atoms with van der Waals surface area (Å²) in [4.78, 5) is 177. The Morgan fingerprint density at radius 3 is 1.06 bits per heavy atom. The molecular weight excluding hydrogens is 1540 g/mol. The number of imide groups is 4. The van der Waals surface area contributed by atoms with Gasteiger partial charge in [0.2, 0.25) is 47.3 Å². The highest BCUT2D eigenvalue weighted by Gasteiger charge is 2.56. The number of ketones is 1. The third-order valence-corrected chi connectivity index (χ3v) is 28.2. The van der Waals surface area contributed by atoms with E-state index in [0.29, 0.717) is 105 Å². The van der Waals surface area contributed by atoms with Crippen molar-refractivity contribution in [1.29, 1.82) is 10.7 Å². The molecule has 5 spiro atoms. The molecular formula is C91H134N16O14. The molecule has 30 nitrogen and oxygen atoms in total. The Kier molecular flexibility index (Phi) is 35.0. The van der Waals surface area contributed by atoms with Crippen LogP contribution in [0, 0.1) is 55.8 Å². The molecule has 2 aromatic carbocycles. The first-order valence-electron chi connectivity index (χ1n) is 43.9. The lowest BCUT2D eigenvalue weighted by Crippen LogP contribution is -2.46. The number of rotatable bonds is 9. The van der Waals surface area contributed by atoms with Crippen LogP contribution < -0.4 is 11.1 Å². The second kappa shape index (κ2) is 43.6. The largest absolute Gasteiger partial charge is 0.393 e. The van der Waals surface area contributed by atoms with Crippen LogP contribution in [0.5, 0.6) is 0 Å². The molecule has 4 N–H and O–H groups in total. The van der Waals surface area contributed by atoms with Gasteiger partial charge in [-0.25, -0.2) is 4.85 Å². The third-order valence-electron chi connectivity index (χ3n) is 28.2. The average Bonchev–Trinajstić information content (AvgIpc) is 1.56. The number of carbonyl (C=O) groups is 13. The molecule has 10 amide bonds. The van der Waals surface area contributed by atoms with Crippen molar-refractivity contribution >= 4 is 88.3 Å². The lowest BCUT2D eigenvalue weighted by molar-refractivity contribution is -0.156. The number of ether oxygens (including phenoxy) is 1. The molecule has 0 bridgehead atoms. The summed E-state index contributed by atoms with van der Waals surface area (Å²) in [6.07, 6.45) is 16.4. The van der Waals surface area contributed by atoms with Crippen LogP contribution in [0.3, 0.4) is 0 Å². The van der Waals surface area contributed by atoms with Crippen molar-refractivity contribution in [3.8, 4) is 6.07 Å². The number of carbonyl (C=O) groups excluding carboxylic acids is 13. The van der Waals surface area contributed by atoms with Gasteiger partial charge in [-0.3, -0.25) is 87.3 Å². The molecule has 0 aromatic heterocycles. The average molecular weight is 1680 g/mol. The number of amidine groups is 1. The van der Waals surface area contributed by atoms with Crippen LogP contribution >= 0.6 is 0 Å². The van der Waals surface area contributed by atoms with Gasteiger partial charge in [0.1, 0.15) is 11.6 Å². The summed E-state index contributed by atoms with van der Waals surface area (Å²) < 4.78 is 4.63. The van der Waals surface area contributed by atoms with Crippen molar-refractivity contribution in [3.63, 3.8) is 0 Å². The number of amides is 10. The van der Waals surface area contributed by atoms with E-state index in [1.807, 2.05) is 6.92 Å². The van der Waals surface area contributed by atoms with Crippen LogP contribution in [0.1, 0.15) is 223 Å². The summed E-state index contributed by atoms with van der Waals surface area (Å²) in [7, 11) is 6.23. The highest BCUT2D eigenvalue weighted by atomic mass is 16.6. The predicted octanol–water partition coefficient (Wildman–Crippen LogP) is 8.35. The number of nitrogens with one attached hydrogen (secondary N) is 2. The molecule has 0 radical (unpaired) electrons. The SMILES string of the molecule is CCN1CCC(=C(C)C#N)CC1.CCN1CCC(=O)CC1.CCN1CCC(C)(CC)CC1.CCN1CCC2(CC1)CC(=O)N(C)C2=O.CCN1CCC2(CC1)CC(=O)OC2=O.CN1C(=O)CC2(CCN(C(=O)c3ccc(C(=N)N)cc3)CC2)C1=O.CN1C(=O)CC2(CCNCC2)C1=O.[C-]#[N+]c1ccc(C(=O)N2CCC3(CC2)CC(=O)N(C)C3=O)cc1. The van der Waals surface area contributed by atoms with Crippen molar-refractivity contribution in [1.82, 2.24) is 59.2 Å². The van der Waals surface area contributed by atoms with E-state index >= 15 is 0 Å². The number of likely N-dealkylation sites (tertiary alicyclic amines) is 11. The number of allylic oxidation sites excluding steroid dienone is 1. The lowest BCUT2D eigenvalue weighted by Gasteiger charge is -2.38. The summed E-state index contributed by atoms with van der Waals surface area (Å²) in [6.45, 7) is 44.1. The third kappa shape index (κ3) is 24.2. The Morgan fingerprint density at radius 1 is 0.455 bits per heavy atom. The van der Waals surface area contributed by atoms with Crippen LogP contribution in [0.25, 0.3) is 4.85 Å². The minimum atomic E-state index is -0.624. The highest BCUT2D eigenvalue weighted by molar-refractivity contribution is 6.08. The molecule has 0 unspecified atom stereocenters. The van der Waals surface area contributed by atoms with Crippen molar-refractivity contribution in [2.75, 3.05) is 166 Å². The number of Topliss-reactive ketones (excluding diaryl/α,β-unsaturated/α-hetero) is 1. The van der Waals surface area contributed by atoms with E-state index in [1.165, 1.54) is 78.2 Å². The monoisotopic (exact) mass is 1680 g/mol. The second-order valence-corrected chi connectivity index (χ2v) is 35.3. The number of benzene rings is 2. The molecule has 121 heavy (non-hydrogen) atoms. The normalized spacial score (nSPS) is 23.0. The van der Waals surface area contributed by atoms with E-state index in [0.717, 1.165) is 161 Å². The van der Waals surface area contributed by atoms with Gasteiger partial charge in [0.05, 0.1) is 46.1 Å². The van der Waals surface area contributed by atoms with Gasteiger partial charge in [-0.15, -0.1) is 0 Å². The van der Waals surface area contributed by atoms with Gasteiger partial charge >= 0.3 is 11.9 Å². The maximum atomic E-state index is 12.6. The van der Waals surface area contributed by atoms with Gasteiger partial charge in [0.15, 0.2) is 5.69 Å². The van der Waals surface area contributed by atoms with Crippen LogP contribution in [0.15, 0.2) is 59.7 Å². The molecule has 13 aliphatic heterocycles. The van der Waals surface area contributed by atoms with Gasteiger partial charge in [0.25, 0.3) is 11.8 Å². The molecule has 2 aromatic rings. The number of hydrogen-bond acceptors (Lipinski definition) is 22. The number of esters is 2. The molecule has 0 saturated carbocycles. The minimum absolute atomic E-state index is 0.00931. The zero-order chi connectivity index (χ0) is 88.8. The van der Waals surface area contributed by atoms with E-state index in [9.17, 15) is 62.3 Å². The number of hydrogen-bond donors (Lipinski definition) is 3. The zero-order valence-corrected chi connectivity index (χ0v) is 74.1. The van der Waals surface area contributed by atoms with Crippen molar-refractivity contribution in [2.45, 2.75) is 197 Å². The summed E-state index contributed by atoms with van der Waals surface area (Å²) in [5.41, 5.74) is 8.10. The fraction of sp³-hybridized carbons (Fsp3) is 0.670. The maximum absolute atomic E-state index is 12.6. The van der Waals surface area contributed by atoms with Crippen molar-refractivity contribution in [2.24, 2.45) is 38.2 Å². The second-order valence-electron chi connectivity index (χ2n) is 35.3. The standard InChI is InChI=1S/C17H20N4O3.C17H17N3O3.C11H18N2O2.C10H16N2.C10H15NO3.C10H21N.C9H14N2O2.C7H13NO/c1-20-13(22)10-17(16(20)24)6-8-21(9-7-17)15(23)12-4-2-11(3-5-12)14(18)19;1-18-13-5-3-12(4-6-13)15(22)20-9-7-17(8-10-20)11-14(21)19(2)16(17)23;1-3-13-6-4-11(5-7-13)8-9(14)12(2)10(11)15;1-3-12-6-4-10(5-7-12)9(2)8-11;1-2-11-5-3-10(4-6-11)7-8(12)14-9(10)13;1-4-10(3)6-8-11(5-2)9-7-10;1-11-7(12)6-9(8(11)13)2-4-10-5-3-9;1-2-8-5-3-7(9)4-6-8/h2-5H,6-10H2,1H3,(H3,18,19);3-6H,7-11H2,2H3;3-8H2,1-2H3;3-7H2,1-2H3;2-7H2,1H3;4-9H2,1-3H3;10H,2-6H2,1H3;2-6H2,1H3. The highest BCUT2D eigenvalue weighted by Crippen LogP contribution is 2.46. The van der Waals surface area contributed by atoms with Gasteiger partial charge < -0.3 is 50.1 Å². The molecule has 30 heteroatoms. The van der Waals surface area contributed by atoms with Gasteiger partial charge in [-0.05, 0) is 199 Å². The number of nitrogens with two attached hydrogens (primary N) is 1. The quantitative estimate of drug-likeness (QED) is 0.0403. The van der Waals surface area contributed by atoms with E-state index < -0.39 is 16.2 Å². The first-order chi connectivity index (χ1) is 57.5. The van der Waals surface area contributed by atoms with Gasteiger partial charge in [-0.2, -0.15) is 5.26 Å². The fourth-order valence-electron chi connectivity index (χ4n) is 18.4. The Bertz CT molecular complexity index is 4160. The van der Waals surface area contributed by atoms with Crippen LogP contribution in [-0.4, -0.2) is 302 Å². The Hall–Kier alpha value is -9.30. The van der Waals surface area contributed by atoms with Crippen LogP contribution in [0.2, 0.25) is 0 Å². The molecule has 15 rings (SSSR count). The number of piperidine rings is 8. The van der Waals surface area contributed by atoms with Crippen molar-refractivity contribution in [3.05, 3.63) is 87.8 Å². The predicted molar refractivity (Wildman–Crippen MR) is 458 cm³/mol. The molecule has 0 aliphatic carbocycles. The Balaban J connectivity index is 0.000000176. The molecule has 13 saturated heterocycles. The summed E-state index contributed by atoms with van der Waals surface area (Å²) in [6, 6.07) is 15.4. The first-order valence-corrected chi connectivity index (χ1v) is 43.9. The zero-order valence-electron chi connectivity index (χ0n) is 74.1. The molecule has 662 valence electrons. The first kappa shape index (κ1) is 97.2. The van der Waals surface area contributed by atoms with E-state index in [2.05, 4.69) is 93.9 Å². The number of nitrogen functional groups attached to an aromatic ring is 1. The van der Waals surface area contributed by atoms with Gasteiger partial charge in [-0.1, -0.05) is 96.9 Å². The lowest BCUT2D eigenvalue weighted by atomic mass is 9.77. The topological polar surface area (TPSA) is 357 Å². The minimum Gasteiger partial charge on any atom is -0.393 e. The van der Waals surface area contributed by atoms with E-state index in [1.54, 1.807) is 72.4 Å². The van der Waals surface area contributed by atoms with Gasteiger partial charge in [0, 0.05) is 141 Å². The fourth-order valence-corrected chi connectivity index (χ4v) is 18.4. The van der Waals surface area contributed by atoms with Crippen LogP contribution in [0.4, 0.5) is 5.69 Å². The molecule has 13 fully saturated rings. The van der Waals surface area contributed by atoms with Crippen LogP contribution in [-0.2, 0) is 57.5 Å². The van der Waals surface area contributed by atoms with E-state index in [4.69, 9.17) is 23.0 Å². The summed E-state index contributed by atoms with van der Waals surface area (Å²) in [5, 5.41) is 19.3. The molecule has 0 atom stereocenters. The van der Waals surface area contributed by atoms with Crippen molar-refractivity contribution < 1.29 is 67.1 Å². The molecule has 13 aliphatic rings. The van der Waals surface area contributed by atoms with E-state index in [-0.39, 0.29) is 101 Å². The maximum Gasteiger partial charge on any atom is 0.320 e. The number of nitriles is 1. The number of cyclic esters (lactones) is 2. The smallest absolute Gasteiger partial charge is 0.320 e.